The first-order valence-electron chi connectivity index (χ1n) is 10.5. The van der Waals surface area contributed by atoms with E-state index in [9.17, 15) is 4.79 Å². The maximum Gasteiger partial charge on any atom is 0.326 e. The van der Waals surface area contributed by atoms with E-state index in [4.69, 9.17) is 4.74 Å². The monoisotopic (exact) mass is 394 g/mol. The Morgan fingerprint density at radius 1 is 1.24 bits per heavy atom. The molecule has 6 nitrogen and oxygen atoms in total. The number of anilines is 1. The van der Waals surface area contributed by atoms with Crippen molar-refractivity contribution in [2.24, 2.45) is 5.92 Å². The molecule has 1 aromatic carbocycles. The second-order valence-electron chi connectivity index (χ2n) is 8.35. The number of nitrogens with one attached hydrogen (secondary N) is 2. The molecule has 0 radical (unpaired) electrons. The number of fused-ring (bicyclic) bond motifs is 1. The Morgan fingerprint density at radius 2 is 2.00 bits per heavy atom. The lowest BCUT2D eigenvalue weighted by molar-refractivity contribution is 0.0941. The van der Waals surface area contributed by atoms with Gasteiger partial charge in [-0.3, -0.25) is 4.90 Å². The number of urea groups is 1. The van der Waals surface area contributed by atoms with Gasteiger partial charge in [0, 0.05) is 43.9 Å². The number of hydrogen-bond donors (Lipinski definition) is 2. The highest BCUT2D eigenvalue weighted by Gasteiger charge is 2.23. The molecule has 154 valence electrons. The van der Waals surface area contributed by atoms with Crippen LogP contribution in [0, 0.1) is 5.92 Å². The number of carbonyl (C=O) groups is 1. The van der Waals surface area contributed by atoms with Gasteiger partial charge in [0.1, 0.15) is 11.9 Å². The van der Waals surface area contributed by atoms with Crippen LogP contribution in [0.3, 0.4) is 0 Å². The molecular formula is C23H30N4O2. The molecule has 0 aliphatic carbocycles. The Bertz CT molecular complexity index is 818. The Morgan fingerprint density at radius 3 is 2.69 bits per heavy atom. The highest BCUT2D eigenvalue weighted by Crippen LogP contribution is 2.25. The Kier molecular flexibility index (Phi) is 5.90. The van der Waals surface area contributed by atoms with E-state index in [1.807, 2.05) is 48.9 Å². The number of amides is 2. The van der Waals surface area contributed by atoms with E-state index in [2.05, 4.69) is 29.4 Å². The molecule has 1 fully saturated rings. The molecule has 4 rings (SSSR count). The van der Waals surface area contributed by atoms with Gasteiger partial charge in [-0.05, 0) is 60.2 Å². The Balaban J connectivity index is 1.26. The minimum absolute atomic E-state index is 0.132. The molecule has 3 aliphatic heterocycles. The minimum atomic E-state index is -0.132. The molecule has 0 aromatic heterocycles. The van der Waals surface area contributed by atoms with Gasteiger partial charge < -0.3 is 20.3 Å². The largest absolute Gasteiger partial charge is 0.490 e. The minimum Gasteiger partial charge on any atom is -0.490 e. The topological polar surface area (TPSA) is 56.8 Å². The van der Waals surface area contributed by atoms with Crippen LogP contribution in [0.4, 0.5) is 10.5 Å². The number of dihydropyridines is 1. The summed E-state index contributed by atoms with van der Waals surface area (Å²) < 4.78 is 6.15. The van der Waals surface area contributed by atoms with Crippen LogP contribution in [0.1, 0.15) is 26.7 Å². The van der Waals surface area contributed by atoms with Gasteiger partial charge in [0.15, 0.2) is 0 Å². The van der Waals surface area contributed by atoms with Crippen LogP contribution in [0.15, 0.2) is 60.1 Å². The highest BCUT2D eigenvalue weighted by molar-refractivity contribution is 5.91. The third-order valence-electron chi connectivity index (χ3n) is 5.45. The predicted molar refractivity (Wildman–Crippen MR) is 116 cm³/mol. The first-order chi connectivity index (χ1) is 14.1. The van der Waals surface area contributed by atoms with Gasteiger partial charge >= 0.3 is 6.03 Å². The summed E-state index contributed by atoms with van der Waals surface area (Å²) in [5.74, 6) is 1.57. The second-order valence-corrected chi connectivity index (χ2v) is 8.35. The van der Waals surface area contributed by atoms with Crippen LogP contribution in [0.5, 0.6) is 5.75 Å². The zero-order valence-electron chi connectivity index (χ0n) is 17.2. The van der Waals surface area contributed by atoms with Crippen molar-refractivity contribution in [1.82, 2.24) is 15.1 Å². The van der Waals surface area contributed by atoms with Gasteiger partial charge in [-0.15, -0.1) is 0 Å². The standard InChI is InChI=1S/C23H30N4O2/c1-17(2)14-26-11-8-22(9-12-26)29-21-5-3-20(4-6-21)25-23(28)27-15-18-7-10-24-13-19(18)16-27/h3-7,10,13,15,17,22,24H,8-9,11-12,14,16H2,1-2H3,(H,25,28). The van der Waals surface area contributed by atoms with Crippen molar-refractivity contribution in [3.8, 4) is 5.75 Å². The number of nitrogens with zero attached hydrogens (tertiary/aromatic N) is 2. The summed E-state index contributed by atoms with van der Waals surface area (Å²) in [6, 6.07) is 7.55. The molecule has 6 heteroatoms. The number of piperidine rings is 1. The Labute approximate surface area is 172 Å². The zero-order valence-corrected chi connectivity index (χ0v) is 17.2. The summed E-state index contributed by atoms with van der Waals surface area (Å²) in [5, 5.41) is 6.01. The fourth-order valence-electron chi connectivity index (χ4n) is 4.00. The maximum absolute atomic E-state index is 12.5. The van der Waals surface area contributed by atoms with Crippen LogP contribution in [-0.4, -0.2) is 48.1 Å². The molecule has 0 spiro atoms. The number of hydrogen-bond acceptors (Lipinski definition) is 4. The number of allylic oxidation sites excluding steroid dienone is 1. The smallest absolute Gasteiger partial charge is 0.326 e. The normalized spacial score (nSPS) is 19.5. The van der Waals surface area contributed by atoms with Gasteiger partial charge in [-0.1, -0.05) is 13.8 Å². The van der Waals surface area contributed by atoms with Gasteiger partial charge in [0.25, 0.3) is 0 Å². The van der Waals surface area contributed by atoms with Crippen LogP contribution in [0.2, 0.25) is 0 Å². The molecule has 1 saturated heterocycles. The summed E-state index contributed by atoms with van der Waals surface area (Å²) in [7, 11) is 0. The van der Waals surface area contributed by atoms with Gasteiger partial charge in [0.2, 0.25) is 0 Å². The van der Waals surface area contributed by atoms with Crippen molar-refractivity contribution in [2.75, 3.05) is 31.5 Å². The lowest BCUT2D eigenvalue weighted by Crippen LogP contribution is -2.39. The summed E-state index contributed by atoms with van der Waals surface area (Å²) in [6.45, 7) is 8.48. The lowest BCUT2D eigenvalue weighted by Gasteiger charge is -2.33. The van der Waals surface area contributed by atoms with E-state index in [0.29, 0.717) is 12.5 Å². The van der Waals surface area contributed by atoms with E-state index >= 15 is 0 Å². The molecule has 0 bridgehead atoms. The third kappa shape index (κ3) is 5.01. The third-order valence-corrected chi connectivity index (χ3v) is 5.45. The molecule has 1 aromatic rings. The number of carbonyl (C=O) groups excluding carboxylic acids is 1. The molecule has 0 saturated carbocycles. The predicted octanol–water partition coefficient (Wildman–Crippen LogP) is 3.92. The van der Waals surface area contributed by atoms with E-state index in [-0.39, 0.29) is 12.1 Å². The van der Waals surface area contributed by atoms with Crippen molar-refractivity contribution < 1.29 is 9.53 Å². The quantitative estimate of drug-likeness (QED) is 0.795. The maximum atomic E-state index is 12.5. The fourth-order valence-corrected chi connectivity index (χ4v) is 4.00. The van der Waals surface area contributed by atoms with Crippen molar-refractivity contribution >= 4 is 11.7 Å². The van der Waals surface area contributed by atoms with Gasteiger partial charge in [0.05, 0.1) is 6.54 Å². The molecule has 0 unspecified atom stereocenters. The van der Waals surface area contributed by atoms with E-state index < -0.39 is 0 Å². The van der Waals surface area contributed by atoms with Crippen LogP contribution >= 0.6 is 0 Å². The fraction of sp³-hybridized carbons (Fsp3) is 0.435. The highest BCUT2D eigenvalue weighted by atomic mass is 16.5. The van der Waals surface area contributed by atoms with E-state index in [0.717, 1.165) is 48.5 Å². The average molecular weight is 395 g/mol. The molecule has 0 atom stereocenters. The van der Waals surface area contributed by atoms with E-state index in [1.165, 1.54) is 6.54 Å². The molecule has 3 aliphatic rings. The number of likely N-dealkylation sites (tertiary alicyclic amines) is 1. The summed E-state index contributed by atoms with van der Waals surface area (Å²) >= 11 is 0. The summed E-state index contributed by atoms with van der Waals surface area (Å²) in [6.07, 6.45) is 10.0. The molecular weight excluding hydrogens is 364 g/mol. The van der Waals surface area contributed by atoms with Gasteiger partial charge in [-0.25, -0.2) is 4.79 Å². The second kappa shape index (κ2) is 8.74. The van der Waals surface area contributed by atoms with Crippen LogP contribution < -0.4 is 15.4 Å². The first kappa shape index (κ1) is 19.6. The molecule has 3 heterocycles. The Hall–Kier alpha value is -2.73. The molecule has 2 N–H and O–H groups in total. The zero-order chi connectivity index (χ0) is 20.2. The number of benzene rings is 1. The number of ether oxygens (including phenoxy) is 1. The van der Waals surface area contributed by atoms with E-state index in [1.54, 1.807) is 4.90 Å². The first-order valence-corrected chi connectivity index (χ1v) is 10.5. The lowest BCUT2D eigenvalue weighted by atomic mass is 10.1. The average Bonchev–Trinajstić information content (AvgIpc) is 3.15. The van der Waals surface area contributed by atoms with Crippen molar-refractivity contribution in [3.63, 3.8) is 0 Å². The van der Waals surface area contributed by atoms with Crippen molar-refractivity contribution in [1.29, 1.82) is 0 Å². The summed E-state index contributed by atoms with van der Waals surface area (Å²) in [4.78, 5) is 16.7. The number of rotatable bonds is 5. The van der Waals surface area contributed by atoms with Crippen molar-refractivity contribution in [3.05, 3.63) is 60.1 Å². The van der Waals surface area contributed by atoms with Crippen LogP contribution in [-0.2, 0) is 0 Å². The molecule has 29 heavy (non-hydrogen) atoms. The SMILES string of the molecule is CC(C)CN1CCC(Oc2ccc(NC(=O)N3C=C4C=CNC=C4C3)cc2)CC1. The van der Waals surface area contributed by atoms with Crippen LogP contribution in [0.25, 0.3) is 0 Å². The molecule has 2 amide bonds. The summed E-state index contributed by atoms with van der Waals surface area (Å²) in [5.41, 5.74) is 2.96. The van der Waals surface area contributed by atoms with Gasteiger partial charge in [-0.2, -0.15) is 0 Å². The van der Waals surface area contributed by atoms with Crippen molar-refractivity contribution in [2.45, 2.75) is 32.8 Å².